The van der Waals surface area contributed by atoms with Crippen LogP contribution in [0.2, 0.25) is 0 Å². The number of aromatic hydroxyl groups is 1. The molecular weight excluding hydrogens is 276 g/mol. The average molecular weight is 288 g/mol. The molecule has 0 aliphatic rings. The first-order chi connectivity index (χ1) is 10.1. The number of pyridine rings is 1. The number of phenols is 1. The molecule has 0 fully saturated rings. The molecule has 0 saturated heterocycles. The summed E-state index contributed by atoms with van der Waals surface area (Å²) in [7, 11) is 1.45. The third kappa shape index (κ3) is 3.66. The van der Waals surface area contributed by atoms with Gasteiger partial charge in [0.05, 0.1) is 18.2 Å². The molecule has 2 N–H and O–H groups in total. The highest BCUT2D eigenvalue weighted by atomic mass is 16.6. The number of rotatable bonds is 5. The number of methoxy groups -OCH3 is 1. The number of hydrazone groups is 1. The Labute approximate surface area is 119 Å². The van der Waals surface area contributed by atoms with E-state index in [2.05, 4.69) is 15.5 Å². The lowest BCUT2D eigenvalue weighted by Crippen LogP contribution is -1.95. The molecule has 1 aromatic carbocycles. The summed E-state index contributed by atoms with van der Waals surface area (Å²) in [5.74, 6) is 0.759. The number of nitrogens with zero attached hydrogens (tertiary/aromatic N) is 3. The van der Waals surface area contributed by atoms with Crippen LogP contribution in [0.3, 0.4) is 0 Å². The fourth-order valence-electron chi connectivity index (χ4n) is 1.51. The predicted molar refractivity (Wildman–Crippen MR) is 76.8 cm³/mol. The molecule has 1 aromatic heterocycles. The Morgan fingerprint density at radius 3 is 2.86 bits per heavy atom. The van der Waals surface area contributed by atoms with Crippen molar-refractivity contribution in [3.05, 3.63) is 52.2 Å². The minimum atomic E-state index is -0.525. The third-order valence-electron chi connectivity index (χ3n) is 2.56. The van der Waals surface area contributed by atoms with Crippen molar-refractivity contribution in [1.82, 2.24) is 4.98 Å². The lowest BCUT2D eigenvalue weighted by atomic mass is 10.2. The van der Waals surface area contributed by atoms with Crippen LogP contribution in [0.15, 0.2) is 41.6 Å². The fraction of sp³-hybridized carbons (Fsp3) is 0.0769. The minimum Gasteiger partial charge on any atom is -0.504 e. The van der Waals surface area contributed by atoms with E-state index in [0.29, 0.717) is 17.1 Å². The summed E-state index contributed by atoms with van der Waals surface area (Å²) in [5, 5.41) is 23.9. The van der Waals surface area contributed by atoms with Gasteiger partial charge < -0.3 is 9.84 Å². The fourth-order valence-corrected chi connectivity index (χ4v) is 1.51. The summed E-state index contributed by atoms with van der Waals surface area (Å²) in [6.45, 7) is 0. The number of hydrogen-bond donors (Lipinski definition) is 2. The van der Waals surface area contributed by atoms with Crippen LogP contribution in [0.5, 0.6) is 11.5 Å². The number of ether oxygens (including phenoxy) is 1. The molecule has 2 aromatic rings. The van der Waals surface area contributed by atoms with E-state index in [9.17, 15) is 15.2 Å². The Kier molecular flexibility index (Phi) is 4.30. The third-order valence-corrected chi connectivity index (χ3v) is 2.56. The number of anilines is 1. The van der Waals surface area contributed by atoms with E-state index < -0.39 is 4.92 Å². The maximum absolute atomic E-state index is 10.5. The van der Waals surface area contributed by atoms with Crippen LogP contribution in [0.4, 0.5) is 11.5 Å². The zero-order chi connectivity index (χ0) is 15.2. The predicted octanol–water partition coefficient (Wildman–Crippen LogP) is 2.15. The molecule has 0 unspecified atom stereocenters. The second-order valence-corrected chi connectivity index (χ2v) is 3.96. The van der Waals surface area contributed by atoms with E-state index in [1.165, 1.54) is 31.5 Å². The van der Waals surface area contributed by atoms with Crippen molar-refractivity contribution in [2.24, 2.45) is 5.10 Å². The Balaban J connectivity index is 2.03. The highest BCUT2D eigenvalue weighted by Gasteiger charge is 2.04. The smallest absolute Gasteiger partial charge is 0.287 e. The Bertz CT molecular complexity index is 670. The Morgan fingerprint density at radius 2 is 2.24 bits per heavy atom. The lowest BCUT2D eigenvalue weighted by molar-refractivity contribution is -0.385. The molecule has 2 rings (SSSR count). The summed E-state index contributed by atoms with van der Waals surface area (Å²) in [5.41, 5.74) is 3.26. The molecule has 0 saturated carbocycles. The molecule has 0 amide bonds. The molecule has 1 heterocycles. The maximum Gasteiger partial charge on any atom is 0.287 e. The number of hydrogen-bond acceptors (Lipinski definition) is 7. The van der Waals surface area contributed by atoms with Crippen molar-refractivity contribution >= 4 is 17.7 Å². The molecule has 108 valence electrons. The molecule has 0 aliphatic heterocycles. The highest BCUT2D eigenvalue weighted by molar-refractivity contribution is 5.81. The molecule has 0 atom stereocenters. The first-order valence-electron chi connectivity index (χ1n) is 5.86. The van der Waals surface area contributed by atoms with Gasteiger partial charge in [0.15, 0.2) is 11.5 Å². The molecule has 0 aliphatic carbocycles. The van der Waals surface area contributed by atoms with Gasteiger partial charge in [0.25, 0.3) is 5.69 Å². The zero-order valence-corrected chi connectivity index (χ0v) is 11.1. The van der Waals surface area contributed by atoms with Gasteiger partial charge in [-0.05, 0) is 29.8 Å². The van der Waals surface area contributed by atoms with Gasteiger partial charge in [-0.25, -0.2) is 4.98 Å². The first kappa shape index (κ1) is 14.3. The van der Waals surface area contributed by atoms with Crippen LogP contribution in [0, 0.1) is 10.1 Å². The van der Waals surface area contributed by atoms with E-state index in [-0.39, 0.29) is 11.4 Å². The highest BCUT2D eigenvalue weighted by Crippen LogP contribution is 2.25. The summed E-state index contributed by atoms with van der Waals surface area (Å²) in [6.07, 6.45) is 2.65. The van der Waals surface area contributed by atoms with Gasteiger partial charge in [-0.2, -0.15) is 5.10 Å². The summed E-state index contributed by atoms with van der Waals surface area (Å²) in [6, 6.07) is 7.54. The van der Waals surface area contributed by atoms with Crippen molar-refractivity contribution in [3.63, 3.8) is 0 Å². The van der Waals surface area contributed by atoms with Gasteiger partial charge in [0, 0.05) is 6.07 Å². The maximum atomic E-state index is 10.5. The van der Waals surface area contributed by atoms with Gasteiger partial charge in [-0.15, -0.1) is 0 Å². The summed E-state index contributed by atoms with van der Waals surface area (Å²) in [4.78, 5) is 13.8. The molecular formula is C13H12N4O4. The van der Waals surface area contributed by atoms with E-state index in [1.54, 1.807) is 12.1 Å². The second-order valence-electron chi connectivity index (χ2n) is 3.96. The van der Waals surface area contributed by atoms with Crippen molar-refractivity contribution in [3.8, 4) is 11.5 Å². The van der Waals surface area contributed by atoms with Crippen molar-refractivity contribution in [1.29, 1.82) is 0 Å². The number of aromatic nitrogens is 1. The second kappa shape index (κ2) is 6.33. The van der Waals surface area contributed by atoms with Gasteiger partial charge in [0.1, 0.15) is 12.0 Å². The zero-order valence-electron chi connectivity index (χ0n) is 11.1. The van der Waals surface area contributed by atoms with Gasteiger partial charge in [-0.1, -0.05) is 0 Å². The van der Waals surface area contributed by atoms with Gasteiger partial charge in [-0.3, -0.25) is 15.5 Å². The molecule has 8 nitrogen and oxygen atoms in total. The summed E-state index contributed by atoms with van der Waals surface area (Å²) >= 11 is 0. The number of benzene rings is 1. The molecule has 0 bridgehead atoms. The molecule has 0 spiro atoms. The minimum absolute atomic E-state index is 0.0413. The normalized spacial score (nSPS) is 10.5. The van der Waals surface area contributed by atoms with Crippen LogP contribution in [0.25, 0.3) is 0 Å². The molecule has 21 heavy (non-hydrogen) atoms. The summed E-state index contributed by atoms with van der Waals surface area (Å²) < 4.78 is 4.98. The molecule has 8 heteroatoms. The lowest BCUT2D eigenvalue weighted by Gasteiger charge is -2.03. The van der Waals surface area contributed by atoms with Crippen LogP contribution in [-0.2, 0) is 0 Å². The van der Waals surface area contributed by atoms with E-state index >= 15 is 0 Å². The Hall–Kier alpha value is -3.16. The topological polar surface area (TPSA) is 110 Å². The van der Waals surface area contributed by atoms with E-state index in [0.717, 1.165) is 6.20 Å². The van der Waals surface area contributed by atoms with Crippen LogP contribution in [0.1, 0.15) is 5.56 Å². The number of nitrogens with one attached hydrogen (secondary N) is 1. The van der Waals surface area contributed by atoms with E-state index in [1.807, 2.05) is 0 Å². The average Bonchev–Trinajstić information content (AvgIpc) is 2.49. The Morgan fingerprint density at radius 1 is 1.43 bits per heavy atom. The number of phenolic OH excluding ortho intramolecular Hbond substituents is 1. The van der Waals surface area contributed by atoms with Crippen LogP contribution >= 0.6 is 0 Å². The van der Waals surface area contributed by atoms with Crippen LogP contribution in [-0.4, -0.2) is 28.3 Å². The van der Waals surface area contributed by atoms with Gasteiger partial charge >= 0.3 is 0 Å². The monoisotopic (exact) mass is 288 g/mol. The van der Waals surface area contributed by atoms with Crippen molar-refractivity contribution < 1.29 is 14.8 Å². The largest absolute Gasteiger partial charge is 0.504 e. The first-order valence-corrected chi connectivity index (χ1v) is 5.86. The van der Waals surface area contributed by atoms with Crippen molar-refractivity contribution in [2.75, 3.05) is 12.5 Å². The van der Waals surface area contributed by atoms with E-state index in [4.69, 9.17) is 4.74 Å². The number of nitro groups is 1. The standard InChI is InChI=1S/C13H12N4O4/c1-21-12-6-9(2-4-11(12)18)7-15-16-13-5-3-10(8-14-13)17(19)20/h2-8,18H,1H3,(H,14,16)/b15-7+. The quantitative estimate of drug-likeness (QED) is 0.495. The molecule has 0 radical (unpaired) electrons. The van der Waals surface area contributed by atoms with Crippen LogP contribution < -0.4 is 10.2 Å². The van der Waals surface area contributed by atoms with Gasteiger partial charge in [0.2, 0.25) is 0 Å². The van der Waals surface area contributed by atoms with Crippen molar-refractivity contribution in [2.45, 2.75) is 0 Å². The SMILES string of the molecule is COc1cc(/C=N/Nc2ccc([N+](=O)[O-])cn2)ccc1O.